The van der Waals surface area contributed by atoms with E-state index in [0.29, 0.717) is 18.1 Å². The molecule has 0 aromatic heterocycles. The van der Waals surface area contributed by atoms with Gasteiger partial charge >= 0.3 is 0 Å². The average Bonchev–Trinajstić information content (AvgIpc) is 2.37. The van der Waals surface area contributed by atoms with Gasteiger partial charge in [0.25, 0.3) is 0 Å². The fourth-order valence-corrected chi connectivity index (χ4v) is 2.54. The van der Waals surface area contributed by atoms with Crippen molar-refractivity contribution in [3.05, 3.63) is 34.6 Å². The topological polar surface area (TPSA) is 44.4 Å². The van der Waals surface area contributed by atoms with Crippen LogP contribution in [0.3, 0.4) is 0 Å². The molecule has 2 rings (SSSR count). The van der Waals surface area contributed by atoms with E-state index in [2.05, 4.69) is 10.6 Å². The molecule has 4 nitrogen and oxygen atoms in total. The number of hydrogen-bond donors (Lipinski definition) is 2. The lowest BCUT2D eigenvalue weighted by Gasteiger charge is -2.34. The smallest absolute Gasteiger partial charge is 0.238 e. The highest BCUT2D eigenvalue weighted by molar-refractivity contribution is 6.30. The van der Waals surface area contributed by atoms with Crippen molar-refractivity contribution >= 4 is 17.5 Å². The molecular weight excluding hydrogens is 269 g/mol. The first kappa shape index (κ1) is 14.2. The molecule has 2 N–H and O–H groups in total. The first-order valence-corrected chi connectivity index (χ1v) is 6.59. The largest absolute Gasteiger partial charge is 0.358 e. The Balaban J connectivity index is 2.12. The van der Waals surface area contributed by atoms with Gasteiger partial charge in [-0.3, -0.25) is 9.69 Å². The molecule has 0 bridgehead atoms. The van der Waals surface area contributed by atoms with E-state index in [0.717, 1.165) is 18.7 Å². The highest BCUT2D eigenvalue weighted by Gasteiger charge is 2.27. The van der Waals surface area contributed by atoms with E-state index in [1.54, 1.807) is 13.1 Å². The van der Waals surface area contributed by atoms with Crippen molar-refractivity contribution in [2.45, 2.75) is 12.6 Å². The van der Waals surface area contributed by atoms with Crippen LogP contribution in [0.15, 0.2) is 18.2 Å². The molecule has 0 saturated carbocycles. The Hall–Kier alpha value is -1.17. The summed E-state index contributed by atoms with van der Waals surface area (Å²) in [6.45, 7) is 2.67. The van der Waals surface area contributed by atoms with Crippen LogP contribution in [0.2, 0.25) is 5.02 Å². The lowest BCUT2D eigenvalue weighted by Crippen LogP contribution is -2.56. The first-order chi connectivity index (χ1) is 9.10. The minimum absolute atomic E-state index is 0.0327. The number of nitrogens with one attached hydrogen (secondary N) is 2. The monoisotopic (exact) mass is 285 g/mol. The van der Waals surface area contributed by atoms with Gasteiger partial charge in [0.2, 0.25) is 5.91 Å². The number of hydrogen-bond acceptors (Lipinski definition) is 3. The van der Waals surface area contributed by atoms with Crippen LogP contribution in [0.4, 0.5) is 4.39 Å². The van der Waals surface area contributed by atoms with Crippen molar-refractivity contribution in [3.8, 4) is 0 Å². The second-order valence-corrected chi connectivity index (χ2v) is 5.02. The summed E-state index contributed by atoms with van der Waals surface area (Å²) in [4.78, 5) is 13.8. The molecule has 0 spiro atoms. The Morgan fingerprint density at radius 1 is 1.58 bits per heavy atom. The number of carbonyl (C=O) groups is 1. The number of halogens is 2. The van der Waals surface area contributed by atoms with Crippen LogP contribution in [0.25, 0.3) is 0 Å². The standard InChI is InChI=1S/C13H17ClFN3O/c1-16-13(19)12-7-17-2-3-18(12)8-9-4-10(14)6-11(15)5-9/h4-6,12,17H,2-3,7-8H2,1H3,(H,16,19). The summed E-state index contributed by atoms with van der Waals surface area (Å²) in [7, 11) is 1.62. The number of amides is 1. The van der Waals surface area contributed by atoms with E-state index < -0.39 is 0 Å². The van der Waals surface area contributed by atoms with Gasteiger partial charge in [-0.05, 0) is 23.8 Å². The fraction of sp³-hybridized carbons (Fsp3) is 0.462. The van der Waals surface area contributed by atoms with Crippen LogP contribution >= 0.6 is 11.6 Å². The van der Waals surface area contributed by atoms with Crippen LogP contribution < -0.4 is 10.6 Å². The van der Waals surface area contributed by atoms with Crippen molar-refractivity contribution in [1.29, 1.82) is 0 Å². The molecule has 1 amide bonds. The van der Waals surface area contributed by atoms with E-state index in [4.69, 9.17) is 11.6 Å². The predicted molar refractivity (Wildman–Crippen MR) is 72.5 cm³/mol. The third kappa shape index (κ3) is 3.65. The van der Waals surface area contributed by atoms with Crippen LogP contribution in [0.5, 0.6) is 0 Å². The molecule has 1 aliphatic rings. The first-order valence-electron chi connectivity index (χ1n) is 6.21. The number of rotatable bonds is 3. The van der Waals surface area contributed by atoms with Crippen molar-refractivity contribution < 1.29 is 9.18 Å². The minimum atomic E-state index is -0.353. The van der Waals surface area contributed by atoms with E-state index in [9.17, 15) is 9.18 Å². The third-order valence-corrected chi connectivity index (χ3v) is 3.43. The molecule has 1 unspecified atom stereocenters. The predicted octanol–water partition coefficient (Wildman–Crippen LogP) is 0.999. The number of carbonyl (C=O) groups excluding carboxylic acids is 1. The van der Waals surface area contributed by atoms with Crippen molar-refractivity contribution in [3.63, 3.8) is 0 Å². The van der Waals surface area contributed by atoms with Gasteiger partial charge in [-0.15, -0.1) is 0 Å². The summed E-state index contributed by atoms with van der Waals surface area (Å²) in [6.07, 6.45) is 0. The Morgan fingerprint density at radius 2 is 2.37 bits per heavy atom. The van der Waals surface area contributed by atoms with Gasteiger partial charge < -0.3 is 10.6 Å². The Labute approximate surface area is 116 Å². The maximum absolute atomic E-state index is 13.3. The second-order valence-electron chi connectivity index (χ2n) is 4.58. The number of benzene rings is 1. The third-order valence-electron chi connectivity index (χ3n) is 3.21. The summed E-state index contributed by atoms with van der Waals surface area (Å²) in [5.74, 6) is -0.385. The summed E-state index contributed by atoms with van der Waals surface area (Å²) in [6, 6.07) is 4.22. The molecule has 1 aromatic carbocycles. The van der Waals surface area contributed by atoms with E-state index in [-0.39, 0.29) is 17.8 Å². The maximum Gasteiger partial charge on any atom is 0.238 e. The molecule has 1 saturated heterocycles. The van der Waals surface area contributed by atoms with Crippen LogP contribution in [0, 0.1) is 5.82 Å². The van der Waals surface area contributed by atoms with Crippen LogP contribution in [0.1, 0.15) is 5.56 Å². The van der Waals surface area contributed by atoms with E-state index in [1.807, 2.05) is 4.90 Å². The molecular formula is C13H17ClFN3O. The molecule has 1 aliphatic heterocycles. The van der Waals surface area contributed by atoms with Crippen LogP contribution in [-0.2, 0) is 11.3 Å². The molecule has 6 heteroatoms. The minimum Gasteiger partial charge on any atom is -0.358 e. The summed E-state index contributed by atoms with van der Waals surface area (Å²) >= 11 is 5.84. The molecule has 0 aliphatic carbocycles. The summed E-state index contributed by atoms with van der Waals surface area (Å²) in [5, 5.41) is 6.21. The SMILES string of the molecule is CNC(=O)C1CNCCN1Cc1cc(F)cc(Cl)c1. The molecule has 0 radical (unpaired) electrons. The lowest BCUT2D eigenvalue weighted by molar-refractivity contribution is -0.126. The van der Waals surface area contributed by atoms with Gasteiger partial charge in [-0.2, -0.15) is 0 Å². The normalized spacial score (nSPS) is 20.3. The zero-order valence-electron chi connectivity index (χ0n) is 10.7. The second kappa shape index (κ2) is 6.32. The number of piperazine rings is 1. The molecule has 104 valence electrons. The van der Waals surface area contributed by atoms with Gasteiger partial charge in [0.1, 0.15) is 11.9 Å². The fourth-order valence-electron chi connectivity index (χ4n) is 2.30. The average molecular weight is 286 g/mol. The molecule has 1 fully saturated rings. The number of likely N-dealkylation sites (N-methyl/N-ethyl adjacent to an activating group) is 1. The zero-order chi connectivity index (χ0) is 13.8. The van der Waals surface area contributed by atoms with Gasteiger partial charge in [0.15, 0.2) is 0 Å². The highest BCUT2D eigenvalue weighted by Crippen LogP contribution is 2.17. The molecule has 1 atom stereocenters. The maximum atomic E-state index is 13.3. The summed E-state index contributed by atoms with van der Waals surface area (Å²) in [5.41, 5.74) is 0.779. The number of nitrogens with zero attached hydrogens (tertiary/aromatic N) is 1. The lowest BCUT2D eigenvalue weighted by atomic mass is 10.1. The van der Waals surface area contributed by atoms with Crippen molar-refractivity contribution in [2.75, 3.05) is 26.7 Å². The summed E-state index contributed by atoms with van der Waals surface area (Å²) < 4.78 is 13.3. The van der Waals surface area contributed by atoms with Gasteiger partial charge in [-0.25, -0.2) is 4.39 Å². The Bertz CT molecular complexity index is 449. The van der Waals surface area contributed by atoms with Crippen molar-refractivity contribution in [2.24, 2.45) is 0 Å². The van der Waals surface area contributed by atoms with Gasteiger partial charge in [0, 0.05) is 38.2 Å². The van der Waals surface area contributed by atoms with Gasteiger partial charge in [-0.1, -0.05) is 11.6 Å². The molecule has 1 aromatic rings. The quantitative estimate of drug-likeness (QED) is 0.871. The van der Waals surface area contributed by atoms with E-state index in [1.165, 1.54) is 12.1 Å². The zero-order valence-corrected chi connectivity index (χ0v) is 11.5. The van der Waals surface area contributed by atoms with Crippen LogP contribution in [-0.4, -0.2) is 43.5 Å². The highest BCUT2D eigenvalue weighted by atomic mass is 35.5. The van der Waals surface area contributed by atoms with Crippen molar-refractivity contribution in [1.82, 2.24) is 15.5 Å². The van der Waals surface area contributed by atoms with Gasteiger partial charge in [0.05, 0.1) is 0 Å². The van der Waals surface area contributed by atoms with E-state index >= 15 is 0 Å². The Morgan fingerprint density at radius 3 is 3.05 bits per heavy atom. The molecule has 19 heavy (non-hydrogen) atoms. The molecule has 1 heterocycles. The Kier molecular flexibility index (Phi) is 4.74.